The zero-order chi connectivity index (χ0) is 12.5. The second-order valence-corrected chi connectivity index (χ2v) is 22.9. The van der Waals surface area contributed by atoms with Gasteiger partial charge in [0.05, 0.1) is 0 Å². The monoisotopic (exact) mass is 400 g/mol. The van der Waals surface area contributed by atoms with Crippen molar-refractivity contribution in [1.29, 1.82) is 0 Å². The Balaban J connectivity index is 0.000001000. The summed E-state index contributed by atoms with van der Waals surface area (Å²) in [6, 6.07) is 8.99. The van der Waals surface area contributed by atoms with E-state index in [9.17, 15) is 0 Å². The van der Waals surface area contributed by atoms with Crippen molar-refractivity contribution < 1.29 is 20.4 Å². The summed E-state index contributed by atoms with van der Waals surface area (Å²) < 4.78 is 2.64. The van der Waals surface area contributed by atoms with Gasteiger partial charge in [-0.05, 0) is 0 Å². The minimum absolute atomic E-state index is 0. The molecule has 0 bridgehead atoms. The van der Waals surface area contributed by atoms with E-state index in [0.717, 1.165) is 3.63 Å². The Morgan fingerprint density at radius 2 is 1.90 bits per heavy atom. The van der Waals surface area contributed by atoms with Gasteiger partial charge < -0.3 is 0 Å². The Labute approximate surface area is 142 Å². The van der Waals surface area contributed by atoms with Gasteiger partial charge >= 0.3 is 118 Å². The molecule has 20 heavy (non-hydrogen) atoms. The van der Waals surface area contributed by atoms with E-state index in [1.54, 1.807) is 5.56 Å². The molecule has 3 rings (SSSR count). The van der Waals surface area contributed by atoms with Crippen LogP contribution in [0.3, 0.4) is 0 Å². The van der Waals surface area contributed by atoms with Crippen LogP contribution in [0.15, 0.2) is 51.9 Å². The molecule has 0 fully saturated rings. The molecular weight excluding hydrogens is 382 g/mol. The van der Waals surface area contributed by atoms with E-state index in [4.69, 9.17) is 0 Å². The van der Waals surface area contributed by atoms with Crippen molar-refractivity contribution in [3.05, 3.63) is 63.0 Å². The fourth-order valence-corrected chi connectivity index (χ4v) is 20.8. The maximum absolute atomic E-state index is 2.54. The normalized spacial score (nSPS) is 17.9. The van der Waals surface area contributed by atoms with Gasteiger partial charge in [0.2, 0.25) is 0 Å². The van der Waals surface area contributed by atoms with Gasteiger partial charge in [-0.15, -0.1) is 24.8 Å². The second kappa shape index (κ2) is 7.94. The minimum atomic E-state index is -1.49. The van der Waals surface area contributed by atoms with Crippen LogP contribution in [0, 0.1) is 0 Å². The molecule has 0 nitrogen and oxygen atoms in total. The van der Waals surface area contributed by atoms with Crippen molar-refractivity contribution in [3.63, 3.8) is 0 Å². The first-order valence-electron chi connectivity index (χ1n) is 6.58. The molecule has 4 heteroatoms. The molecule has 1 unspecified atom stereocenters. The maximum atomic E-state index is 2.54. The van der Waals surface area contributed by atoms with Gasteiger partial charge in [0.25, 0.3) is 0 Å². The van der Waals surface area contributed by atoms with Crippen molar-refractivity contribution in [2.24, 2.45) is 0 Å². The van der Waals surface area contributed by atoms with Gasteiger partial charge in [-0.3, -0.25) is 0 Å². The standard InChI is InChI=1S/C9H7.C5H5.C2H6Si.2ClH.Zr/c1-2-5-9-7-3-6-8(9)4-1;1-2-4-5-3-1;1-3-2;;;/h1-7H;1-3H,4H2;1-2H3;2*1H;. The molecule has 1 aromatic carbocycles. The van der Waals surface area contributed by atoms with Gasteiger partial charge in [-0.1, -0.05) is 0 Å². The number of hydrogen-bond acceptors (Lipinski definition) is 0. The average molecular weight is 403 g/mol. The number of halogens is 2. The molecular formula is C16H20Cl2SiZr. The molecule has 0 aromatic heterocycles. The first-order valence-corrected chi connectivity index (χ1v) is 15.4. The van der Waals surface area contributed by atoms with Crippen molar-refractivity contribution in [2.75, 3.05) is 0 Å². The predicted octanol–water partition coefficient (Wildman–Crippen LogP) is 5.31. The quantitative estimate of drug-likeness (QED) is 0.588. The van der Waals surface area contributed by atoms with Gasteiger partial charge in [0.15, 0.2) is 0 Å². The van der Waals surface area contributed by atoms with Crippen LogP contribution in [-0.2, 0) is 20.4 Å². The average Bonchev–Trinajstić information content (AvgIpc) is 3.00. The first kappa shape index (κ1) is 18.2. The van der Waals surface area contributed by atoms with Crippen LogP contribution in [0.5, 0.6) is 0 Å². The molecule has 0 heterocycles. The molecule has 2 aliphatic carbocycles. The number of rotatable bonds is 2. The van der Waals surface area contributed by atoms with Crippen molar-refractivity contribution >= 4 is 36.3 Å². The number of allylic oxidation sites excluding steroid dienone is 5. The van der Waals surface area contributed by atoms with E-state index in [-0.39, 0.29) is 30.2 Å². The predicted molar refractivity (Wildman–Crippen MR) is 92.0 cm³/mol. The Hall–Kier alpha value is 0.120. The number of benzene rings is 1. The fourth-order valence-electron chi connectivity index (χ4n) is 2.98. The van der Waals surface area contributed by atoms with E-state index in [1.165, 1.54) is 12.0 Å². The largest absolute Gasteiger partial charge is 0.147 e. The molecule has 0 aliphatic heterocycles. The molecule has 1 atom stereocenters. The number of hydrogen-bond donors (Lipinski definition) is 0. The summed E-state index contributed by atoms with van der Waals surface area (Å²) in [5.41, 5.74) is 2.94. The SMILES string of the molecule is C[Si](C)=[Zr]([C]1=CC=CC1)[CH]1C=Cc2ccccc21.Cl.Cl. The summed E-state index contributed by atoms with van der Waals surface area (Å²) in [5, 5.41) is 0. The zero-order valence-electron chi connectivity index (χ0n) is 11.8. The van der Waals surface area contributed by atoms with Crippen LogP contribution >= 0.6 is 24.8 Å². The Kier molecular flexibility index (Phi) is 7.21. The van der Waals surface area contributed by atoms with Crippen molar-refractivity contribution in [2.45, 2.75) is 23.1 Å². The number of fused-ring (bicyclic) bond motifs is 1. The van der Waals surface area contributed by atoms with Crippen LogP contribution in [0.1, 0.15) is 21.2 Å². The van der Waals surface area contributed by atoms with Crippen LogP contribution in [0.4, 0.5) is 0 Å². The van der Waals surface area contributed by atoms with E-state index in [1.807, 2.05) is 3.28 Å². The van der Waals surface area contributed by atoms with Crippen molar-refractivity contribution in [1.82, 2.24) is 0 Å². The van der Waals surface area contributed by atoms with Crippen molar-refractivity contribution in [3.8, 4) is 0 Å². The molecule has 2 aliphatic rings. The van der Waals surface area contributed by atoms with Gasteiger partial charge in [-0.2, -0.15) is 0 Å². The molecule has 106 valence electrons. The molecule has 0 N–H and O–H groups in total. The Bertz CT molecular complexity index is 611. The summed E-state index contributed by atoms with van der Waals surface area (Å²) in [6.45, 7) is 5.07. The molecule has 0 amide bonds. The van der Waals surface area contributed by atoms with E-state index >= 15 is 0 Å². The third-order valence-corrected chi connectivity index (χ3v) is 21.9. The summed E-state index contributed by atoms with van der Waals surface area (Å²) in [7, 11) is 0. The van der Waals surface area contributed by atoms with Crippen LogP contribution in [0.25, 0.3) is 6.08 Å². The minimum Gasteiger partial charge on any atom is -0.147 e. The summed E-state index contributed by atoms with van der Waals surface area (Å²) in [5.74, 6) is 0. The van der Waals surface area contributed by atoms with Crippen LogP contribution < -0.4 is 0 Å². The molecule has 0 saturated carbocycles. The summed E-state index contributed by atoms with van der Waals surface area (Å²) in [4.78, 5) is 0. The summed E-state index contributed by atoms with van der Waals surface area (Å²) in [6.07, 6.45) is 13.2. The smallest absolute Gasteiger partial charge is 0.147 e. The Morgan fingerprint density at radius 1 is 1.15 bits per heavy atom. The van der Waals surface area contributed by atoms with Gasteiger partial charge in [-0.25, -0.2) is 0 Å². The zero-order valence-corrected chi connectivity index (χ0v) is 16.9. The second-order valence-electron chi connectivity index (χ2n) is 5.20. The topological polar surface area (TPSA) is 0 Å². The van der Waals surface area contributed by atoms with Gasteiger partial charge in [0, 0.05) is 0 Å². The van der Waals surface area contributed by atoms with Gasteiger partial charge in [0.1, 0.15) is 0 Å². The summed E-state index contributed by atoms with van der Waals surface area (Å²) >= 11 is -1.49. The molecule has 0 spiro atoms. The van der Waals surface area contributed by atoms with E-state index < -0.39 is 20.4 Å². The van der Waals surface area contributed by atoms with E-state index in [0.29, 0.717) is 0 Å². The fraction of sp³-hybridized carbons (Fsp3) is 0.250. The first-order chi connectivity index (χ1) is 8.77. The third-order valence-electron chi connectivity index (χ3n) is 3.77. The van der Waals surface area contributed by atoms with E-state index in [2.05, 4.69) is 67.7 Å². The molecule has 1 aromatic rings. The third kappa shape index (κ3) is 3.47. The Morgan fingerprint density at radius 3 is 2.55 bits per heavy atom. The van der Waals surface area contributed by atoms with Crippen LogP contribution in [-0.4, -0.2) is 5.43 Å². The maximum Gasteiger partial charge on any atom is -0.147 e. The molecule has 0 saturated heterocycles. The molecule has 0 radical (unpaired) electrons. The van der Waals surface area contributed by atoms with Crippen LogP contribution in [0.2, 0.25) is 13.1 Å².